The molecule has 46 valence electrons. The van der Waals surface area contributed by atoms with E-state index in [1.165, 1.54) is 0 Å². The van der Waals surface area contributed by atoms with Crippen molar-refractivity contribution in [1.29, 1.82) is 5.26 Å². The Morgan fingerprint density at radius 2 is 2.44 bits per heavy atom. The number of hydrogen-bond acceptors (Lipinski definition) is 1. The lowest BCUT2D eigenvalue weighted by molar-refractivity contribution is 1.10. The zero-order valence-electron chi connectivity index (χ0n) is 5.89. The van der Waals surface area contributed by atoms with E-state index in [4.69, 9.17) is 13.1 Å². The van der Waals surface area contributed by atoms with Crippen LogP contribution in [-0.2, 0) is 0 Å². The molecule has 1 nitrogen and oxygen atoms in total. The Balaban J connectivity index is 3.96. The molecular weight excluding hydrogens is 109 g/mol. The summed E-state index contributed by atoms with van der Waals surface area (Å²) in [6.07, 6.45) is 2.55. The van der Waals surface area contributed by atoms with Gasteiger partial charge in [-0.3, -0.25) is 0 Å². The summed E-state index contributed by atoms with van der Waals surface area (Å²) in [5.41, 5.74) is 0.769. The maximum absolute atomic E-state index is 8.40. The minimum absolute atomic E-state index is 0.000370. The molecule has 0 N–H and O–H groups in total. The zero-order chi connectivity index (χ0) is 7.28. The highest BCUT2D eigenvalue weighted by atomic mass is 14.2. The molecular formula is C7H10BN. The van der Waals surface area contributed by atoms with Gasteiger partial charge in [-0.25, -0.2) is 0 Å². The summed E-state index contributed by atoms with van der Waals surface area (Å²) in [6.45, 7) is 3.80. The molecule has 0 heterocycles. The zero-order valence-corrected chi connectivity index (χ0v) is 5.89. The molecule has 2 radical (unpaired) electrons. The van der Waals surface area contributed by atoms with Gasteiger partial charge in [0.2, 0.25) is 0 Å². The largest absolute Gasteiger partial charge is 0.193 e. The average molecular weight is 119 g/mol. The summed E-state index contributed by atoms with van der Waals surface area (Å²) in [4.78, 5) is 0. The Hall–Kier alpha value is -0.705. The van der Waals surface area contributed by atoms with Crippen LogP contribution in [0, 0.1) is 11.3 Å². The van der Waals surface area contributed by atoms with Gasteiger partial charge in [-0.15, -0.1) is 0 Å². The second kappa shape index (κ2) is 4.20. The molecule has 0 bridgehead atoms. The first-order valence-corrected chi connectivity index (χ1v) is 3.07. The van der Waals surface area contributed by atoms with Crippen molar-refractivity contribution in [2.24, 2.45) is 0 Å². The van der Waals surface area contributed by atoms with Crippen molar-refractivity contribution in [2.75, 3.05) is 0 Å². The Morgan fingerprint density at radius 1 is 1.89 bits per heavy atom. The maximum Gasteiger partial charge on any atom is 0.0943 e. The minimum atomic E-state index is -0.000370. The van der Waals surface area contributed by atoms with Gasteiger partial charge in [0.1, 0.15) is 0 Å². The molecule has 0 aliphatic rings. The summed E-state index contributed by atoms with van der Waals surface area (Å²) in [5.74, 6) is -0.000370. The van der Waals surface area contributed by atoms with Crippen LogP contribution in [0.3, 0.4) is 0 Å². The molecule has 0 spiro atoms. The van der Waals surface area contributed by atoms with Crippen molar-refractivity contribution in [3.05, 3.63) is 11.6 Å². The highest BCUT2D eigenvalue weighted by Crippen LogP contribution is 2.05. The van der Waals surface area contributed by atoms with Crippen molar-refractivity contribution in [2.45, 2.75) is 26.1 Å². The van der Waals surface area contributed by atoms with Crippen molar-refractivity contribution in [3.8, 4) is 6.07 Å². The smallest absolute Gasteiger partial charge is 0.0943 e. The van der Waals surface area contributed by atoms with Crippen molar-refractivity contribution >= 4 is 7.85 Å². The molecule has 0 saturated carbocycles. The van der Waals surface area contributed by atoms with E-state index >= 15 is 0 Å². The van der Waals surface area contributed by atoms with Crippen LogP contribution in [0.25, 0.3) is 0 Å². The van der Waals surface area contributed by atoms with E-state index in [1.54, 1.807) is 6.08 Å². The van der Waals surface area contributed by atoms with Gasteiger partial charge in [0.25, 0.3) is 0 Å². The third-order valence-corrected chi connectivity index (χ3v) is 0.989. The topological polar surface area (TPSA) is 23.8 Å². The van der Waals surface area contributed by atoms with Gasteiger partial charge in [0.15, 0.2) is 0 Å². The minimum Gasteiger partial charge on any atom is -0.193 e. The fraction of sp³-hybridized carbons (Fsp3) is 0.571. The first kappa shape index (κ1) is 8.29. The molecule has 0 amide bonds. The molecule has 2 heteroatoms. The van der Waals surface area contributed by atoms with Crippen LogP contribution in [0.15, 0.2) is 11.6 Å². The number of nitrogens with zero attached hydrogens (tertiary/aromatic N) is 1. The lowest BCUT2D eigenvalue weighted by atomic mass is 9.88. The van der Waals surface area contributed by atoms with Crippen molar-refractivity contribution in [1.82, 2.24) is 0 Å². The van der Waals surface area contributed by atoms with Crippen LogP contribution in [0.5, 0.6) is 0 Å². The number of nitriles is 1. The summed E-state index contributed by atoms with van der Waals surface area (Å²) in [5, 5.41) is 8.40. The van der Waals surface area contributed by atoms with Gasteiger partial charge in [-0.05, 0) is 6.42 Å². The predicted octanol–water partition coefficient (Wildman–Crippen LogP) is 1.82. The Kier molecular flexibility index (Phi) is 3.87. The molecule has 0 saturated heterocycles. The summed E-state index contributed by atoms with van der Waals surface area (Å²) in [7, 11) is 5.42. The van der Waals surface area contributed by atoms with Crippen LogP contribution >= 0.6 is 0 Å². The fourth-order valence-corrected chi connectivity index (χ4v) is 0.552. The van der Waals surface area contributed by atoms with Crippen molar-refractivity contribution < 1.29 is 0 Å². The Labute approximate surface area is 57.8 Å². The second-order valence-corrected chi connectivity index (χ2v) is 2.02. The van der Waals surface area contributed by atoms with Crippen LogP contribution in [0.4, 0.5) is 0 Å². The lowest BCUT2D eigenvalue weighted by Gasteiger charge is -1.94. The van der Waals surface area contributed by atoms with Gasteiger partial charge < -0.3 is 0 Å². The molecule has 0 aromatic heterocycles. The molecule has 0 fully saturated rings. The van der Waals surface area contributed by atoms with Crippen LogP contribution in [0.1, 0.15) is 20.3 Å². The van der Waals surface area contributed by atoms with Gasteiger partial charge in [-0.2, -0.15) is 5.26 Å². The van der Waals surface area contributed by atoms with Gasteiger partial charge in [-0.1, -0.05) is 25.7 Å². The van der Waals surface area contributed by atoms with Crippen molar-refractivity contribution in [3.63, 3.8) is 0 Å². The summed E-state index contributed by atoms with van der Waals surface area (Å²) in [6, 6.07) is 2.06. The number of rotatable bonds is 2. The quantitative estimate of drug-likeness (QED) is 0.401. The van der Waals surface area contributed by atoms with E-state index in [2.05, 4.69) is 6.07 Å². The van der Waals surface area contributed by atoms with E-state index < -0.39 is 0 Å². The first-order chi connectivity index (χ1) is 4.20. The van der Waals surface area contributed by atoms with E-state index in [0.29, 0.717) is 0 Å². The average Bonchev–Trinajstić information content (AvgIpc) is 1.82. The Morgan fingerprint density at radius 3 is 2.56 bits per heavy atom. The SMILES string of the molecule is [B]C(C)/C=C(/C#N)CC. The van der Waals surface area contributed by atoms with E-state index in [0.717, 1.165) is 12.0 Å². The number of allylic oxidation sites excluding steroid dienone is 2. The maximum atomic E-state index is 8.40. The van der Waals surface area contributed by atoms with E-state index in [-0.39, 0.29) is 5.82 Å². The molecule has 1 atom stereocenters. The van der Waals surface area contributed by atoms with E-state index in [1.807, 2.05) is 13.8 Å². The van der Waals surface area contributed by atoms with Crippen LogP contribution < -0.4 is 0 Å². The summed E-state index contributed by atoms with van der Waals surface area (Å²) < 4.78 is 0. The summed E-state index contributed by atoms with van der Waals surface area (Å²) >= 11 is 0. The molecule has 1 unspecified atom stereocenters. The third kappa shape index (κ3) is 3.84. The fourth-order valence-electron chi connectivity index (χ4n) is 0.552. The Bertz CT molecular complexity index is 141. The third-order valence-electron chi connectivity index (χ3n) is 0.989. The lowest BCUT2D eigenvalue weighted by Crippen LogP contribution is -1.81. The number of hydrogen-bond donors (Lipinski definition) is 0. The molecule has 9 heavy (non-hydrogen) atoms. The molecule has 0 rings (SSSR count). The molecule has 0 aliphatic carbocycles. The standard InChI is InChI=1S/C7H10BN/c1-3-7(5-9)4-6(2)8/h4,6H,3H2,1-2H3/b7-4+. The molecule has 0 aliphatic heterocycles. The highest BCUT2D eigenvalue weighted by Gasteiger charge is 1.91. The van der Waals surface area contributed by atoms with Gasteiger partial charge in [0, 0.05) is 5.57 Å². The predicted molar refractivity (Wildman–Crippen MR) is 39.2 cm³/mol. The first-order valence-electron chi connectivity index (χ1n) is 3.07. The normalized spacial score (nSPS) is 14.6. The molecule has 0 aromatic rings. The monoisotopic (exact) mass is 119 g/mol. The second-order valence-electron chi connectivity index (χ2n) is 2.02. The van der Waals surface area contributed by atoms with Crippen LogP contribution in [-0.4, -0.2) is 7.85 Å². The molecule has 0 aromatic carbocycles. The van der Waals surface area contributed by atoms with E-state index in [9.17, 15) is 0 Å². The van der Waals surface area contributed by atoms with Gasteiger partial charge >= 0.3 is 0 Å². The highest BCUT2D eigenvalue weighted by molar-refractivity contribution is 6.12. The van der Waals surface area contributed by atoms with Crippen LogP contribution in [0.2, 0.25) is 5.82 Å². The van der Waals surface area contributed by atoms with Gasteiger partial charge in [0.05, 0.1) is 13.9 Å².